The fraction of sp³-hybridized carbons (Fsp3) is 0.368. The maximum atomic E-state index is 13.6. The molecule has 1 aliphatic rings. The molecule has 2 unspecified atom stereocenters. The van der Waals surface area contributed by atoms with Crippen molar-refractivity contribution in [3.05, 3.63) is 50.8 Å². The Bertz CT molecular complexity index is 1160. The van der Waals surface area contributed by atoms with E-state index in [0.717, 1.165) is 21.3 Å². The predicted molar refractivity (Wildman–Crippen MR) is 112 cm³/mol. The number of alkyl halides is 3. The third-order valence-electron chi connectivity index (χ3n) is 4.87. The number of amides is 1. The fourth-order valence-corrected chi connectivity index (χ4v) is 5.44. The van der Waals surface area contributed by atoms with Crippen LogP contribution in [0.25, 0.3) is 0 Å². The van der Waals surface area contributed by atoms with E-state index in [4.69, 9.17) is 16.0 Å². The van der Waals surface area contributed by atoms with E-state index in [0.29, 0.717) is 15.8 Å². The molecular formula is C19H16ClF3N4O3S2. The summed E-state index contributed by atoms with van der Waals surface area (Å²) in [6.07, 6.45) is -3.67. The Balaban J connectivity index is 1.72. The fourth-order valence-electron chi connectivity index (χ4n) is 3.37. The molecular weight excluding hydrogens is 489 g/mol. The van der Waals surface area contributed by atoms with Gasteiger partial charge in [0.2, 0.25) is 5.91 Å². The maximum Gasteiger partial charge on any atom is 0.393 e. The predicted octanol–water partition coefficient (Wildman–Crippen LogP) is 4.66. The van der Waals surface area contributed by atoms with Crippen molar-refractivity contribution in [2.45, 2.75) is 36.3 Å². The van der Waals surface area contributed by atoms with Crippen LogP contribution in [0.15, 0.2) is 34.0 Å². The molecule has 4 rings (SSSR count). The van der Waals surface area contributed by atoms with Gasteiger partial charge in [0.15, 0.2) is 11.0 Å². The Morgan fingerprint density at radius 2 is 2.22 bits per heavy atom. The van der Waals surface area contributed by atoms with Gasteiger partial charge in [-0.05, 0) is 31.5 Å². The van der Waals surface area contributed by atoms with Gasteiger partial charge in [0.25, 0.3) is 5.91 Å². The number of hydrogen-bond donors (Lipinski definition) is 1. The molecule has 170 valence electrons. The van der Waals surface area contributed by atoms with Crippen molar-refractivity contribution in [2.75, 3.05) is 6.54 Å². The molecule has 0 radical (unpaired) electrons. The summed E-state index contributed by atoms with van der Waals surface area (Å²) in [4.78, 5) is 30.5. The first kappa shape index (κ1) is 22.9. The van der Waals surface area contributed by atoms with Crippen LogP contribution in [0.5, 0.6) is 0 Å². The van der Waals surface area contributed by atoms with E-state index in [2.05, 4.69) is 15.4 Å². The molecule has 0 aromatic carbocycles. The number of thiophene rings is 1. The van der Waals surface area contributed by atoms with Crippen LogP contribution in [0.3, 0.4) is 0 Å². The second-order valence-corrected chi connectivity index (χ2v) is 9.86. The van der Waals surface area contributed by atoms with Crippen LogP contribution in [-0.4, -0.2) is 39.3 Å². The minimum absolute atomic E-state index is 0.0765. The normalized spacial score (nSPS) is 19.2. The molecule has 7 nitrogen and oxygen atoms in total. The Morgan fingerprint density at radius 1 is 1.44 bits per heavy atom. The third kappa shape index (κ3) is 4.71. The molecule has 1 aliphatic heterocycles. The summed E-state index contributed by atoms with van der Waals surface area (Å²) in [6, 6.07) is 5.01. The quantitative estimate of drug-likeness (QED) is 0.508. The molecule has 3 aromatic heterocycles. The summed E-state index contributed by atoms with van der Waals surface area (Å²) >= 11 is 8.40. The molecule has 32 heavy (non-hydrogen) atoms. The van der Waals surface area contributed by atoms with E-state index in [1.807, 2.05) is 0 Å². The smallest absolute Gasteiger partial charge is 0.393 e. The van der Waals surface area contributed by atoms with Gasteiger partial charge < -0.3 is 9.73 Å². The first-order valence-electron chi connectivity index (χ1n) is 9.41. The number of nitrogens with one attached hydrogen (secondary N) is 1. The molecule has 0 spiro atoms. The number of halogens is 4. The molecule has 0 aliphatic carbocycles. The van der Waals surface area contributed by atoms with Crippen LogP contribution < -0.4 is 5.32 Å². The van der Waals surface area contributed by atoms with Crippen molar-refractivity contribution in [3.8, 4) is 0 Å². The van der Waals surface area contributed by atoms with Crippen molar-refractivity contribution >= 4 is 46.5 Å². The number of aryl methyl sites for hydroxylation is 1. The maximum absolute atomic E-state index is 13.6. The van der Waals surface area contributed by atoms with Crippen LogP contribution in [0.4, 0.5) is 13.2 Å². The minimum atomic E-state index is -4.61. The average molecular weight is 505 g/mol. The number of carbonyl (C=O) groups is 2. The first-order chi connectivity index (χ1) is 15.1. The van der Waals surface area contributed by atoms with E-state index >= 15 is 0 Å². The number of hydrogen-bond acceptors (Lipinski definition) is 7. The summed E-state index contributed by atoms with van der Waals surface area (Å²) < 4.78 is 47.5. The Hall–Kier alpha value is -2.31. The van der Waals surface area contributed by atoms with Crippen molar-refractivity contribution in [1.29, 1.82) is 0 Å². The zero-order valence-electron chi connectivity index (χ0n) is 16.5. The monoisotopic (exact) mass is 504 g/mol. The van der Waals surface area contributed by atoms with Gasteiger partial charge in [0.1, 0.15) is 17.9 Å². The van der Waals surface area contributed by atoms with Crippen molar-refractivity contribution in [2.24, 2.45) is 5.92 Å². The summed E-state index contributed by atoms with van der Waals surface area (Å²) in [5.41, 5.74) is 0.167. The van der Waals surface area contributed by atoms with E-state index in [1.165, 1.54) is 23.7 Å². The highest BCUT2D eigenvalue weighted by molar-refractivity contribution is 7.98. The van der Waals surface area contributed by atoms with Crippen LogP contribution in [-0.2, 0) is 10.5 Å². The van der Waals surface area contributed by atoms with E-state index in [9.17, 15) is 22.8 Å². The number of furan rings is 1. The first-order valence-corrected chi connectivity index (χ1v) is 11.6. The molecule has 1 fully saturated rings. The second-order valence-electron chi connectivity index (χ2n) is 7.12. The van der Waals surface area contributed by atoms with Gasteiger partial charge in [-0.1, -0.05) is 23.4 Å². The molecule has 1 amide bonds. The lowest BCUT2D eigenvalue weighted by atomic mass is 9.84. The van der Waals surface area contributed by atoms with Crippen molar-refractivity contribution < 1.29 is 27.2 Å². The molecule has 1 N–H and O–H groups in total. The number of thioether (sulfide) groups is 1. The van der Waals surface area contributed by atoms with E-state index in [-0.39, 0.29) is 29.5 Å². The molecule has 4 heterocycles. The van der Waals surface area contributed by atoms with Crippen LogP contribution in [0.1, 0.15) is 39.2 Å². The largest absolute Gasteiger partial charge is 0.469 e. The lowest BCUT2D eigenvalue weighted by Crippen LogP contribution is -2.46. The lowest BCUT2D eigenvalue weighted by Gasteiger charge is -2.30. The number of piperidine rings is 1. The summed E-state index contributed by atoms with van der Waals surface area (Å²) in [7, 11) is 0. The van der Waals surface area contributed by atoms with E-state index < -0.39 is 29.8 Å². The number of carbonyl (C=O) groups excluding carboxylic acids is 2. The highest BCUT2D eigenvalue weighted by Crippen LogP contribution is 2.41. The standard InChI is InChI=1S/C19H16ClF3N4O3S2/c1-9-6-10(7-30-9)17(29)27-18(31-8-11-2-3-13(20)32-11)25-15(26-27)14-12(19(21,22)23)4-5-24-16(14)28/h2-3,6-7,12,14H,4-5,8H2,1H3,(H,24,28). The van der Waals surface area contributed by atoms with Gasteiger partial charge >= 0.3 is 6.18 Å². The zero-order chi connectivity index (χ0) is 23.0. The van der Waals surface area contributed by atoms with Gasteiger partial charge in [0, 0.05) is 17.2 Å². The molecule has 13 heteroatoms. The number of aromatic nitrogens is 3. The van der Waals surface area contributed by atoms with Crippen LogP contribution in [0.2, 0.25) is 4.34 Å². The van der Waals surface area contributed by atoms with Gasteiger partial charge in [0.05, 0.1) is 15.8 Å². The molecule has 3 aromatic rings. The van der Waals surface area contributed by atoms with Crippen molar-refractivity contribution in [3.63, 3.8) is 0 Å². The zero-order valence-corrected chi connectivity index (χ0v) is 18.9. The van der Waals surface area contributed by atoms with Gasteiger partial charge in [-0.25, -0.2) is 4.98 Å². The summed E-state index contributed by atoms with van der Waals surface area (Å²) in [5.74, 6) is -4.50. The molecule has 0 saturated carbocycles. The summed E-state index contributed by atoms with van der Waals surface area (Å²) in [6.45, 7) is 1.56. The molecule has 0 bridgehead atoms. The minimum Gasteiger partial charge on any atom is -0.469 e. The van der Waals surface area contributed by atoms with E-state index in [1.54, 1.807) is 19.1 Å². The van der Waals surface area contributed by atoms with Gasteiger partial charge in [-0.15, -0.1) is 16.4 Å². The topological polar surface area (TPSA) is 90.0 Å². The average Bonchev–Trinajstić information content (AvgIpc) is 3.45. The number of nitrogens with zero attached hydrogens (tertiary/aromatic N) is 3. The summed E-state index contributed by atoms with van der Waals surface area (Å²) in [5, 5.41) is 6.58. The van der Waals surface area contributed by atoms with Gasteiger partial charge in [-0.3, -0.25) is 9.59 Å². The SMILES string of the molecule is Cc1cc(C(=O)n2nc(C3C(=O)NCCC3C(F)(F)F)nc2SCc2ccc(Cl)s2)co1. The van der Waals surface area contributed by atoms with Gasteiger partial charge in [-0.2, -0.15) is 17.9 Å². The second kappa shape index (κ2) is 8.91. The molecule has 2 atom stereocenters. The molecule has 1 saturated heterocycles. The third-order valence-corrected chi connectivity index (χ3v) is 7.27. The lowest BCUT2D eigenvalue weighted by molar-refractivity contribution is -0.189. The Morgan fingerprint density at radius 3 is 2.84 bits per heavy atom. The Kier molecular flexibility index (Phi) is 6.37. The van der Waals surface area contributed by atoms with Crippen LogP contribution >= 0.6 is 34.7 Å². The number of rotatable bonds is 5. The van der Waals surface area contributed by atoms with Crippen molar-refractivity contribution in [1.82, 2.24) is 20.1 Å². The highest BCUT2D eigenvalue weighted by Gasteiger charge is 2.51. The highest BCUT2D eigenvalue weighted by atomic mass is 35.5. The Labute approximate surface area is 193 Å². The van der Waals surface area contributed by atoms with Crippen LogP contribution in [0, 0.1) is 12.8 Å².